The predicted molar refractivity (Wildman–Crippen MR) is 108 cm³/mol. The van der Waals surface area contributed by atoms with Crippen LogP contribution in [-0.4, -0.2) is 102 Å². The fourth-order valence-electron chi connectivity index (χ4n) is 4.47. The van der Waals surface area contributed by atoms with E-state index in [2.05, 4.69) is 10.3 Å². The Bertz CT molecular complexity index is 725. The Labute approximate surface area is 187 Å². The summed E-state index contributed by atoms with van der Waals surface area (Å²) >= 11 is 0. The largest absolute Gasteiger partial charge is 0.394 e. The summed E-state index contributed by atoms with van der Waals surface area (Å²) in [6.07, 6.45) is -3.65. The molecule has 183 valence electrons. The quantitative estimate of drug-likeness (QED) is 0.378. The number of rotatable bonds is 8. The maximum absolute atomic E-state index is 12.5. The molecule has 2 fully saturated rings. The van der Waals surface area contributed by atoms with E-state index in [9.17, 15) is 25.6 Å². The number of aromatic nitrogens is 3. The Morgan fingerprint density at radius 1 is 1.09 bits per heavy atom. The van der Waals surface area contributed by atoms with Crippen LogP contribution in [-0.2, 0) is 32.6 Å². The Morgan fingerprint density at radius 3 is 2.38 bits per heavy atom. The van der Waals surface area contributed by atoms with Gasteiger partial charge in [0.15, 0.2) is 6.29 Å². The fourth-order valence-corrected chi connectivity index (χ4v) is 4.47. The predicted octanol–water partition coefficient (Wildman–Crippen LogP) is -1.02. The zero-order chi connectivity index (χ0) is 23.7. The highest BCUT2D eigenvalue weighted by molar-refractivity contribution is 4.97. The summed E-state index contributed by atoms with van der Waals surface area (Å²) in [7, 11) is 0. The minimum Gasteiger partial charge on any atom is -0.394 e. The van der Waals surface area contributed by atoms with Crippen LogP contribution in [0, 0.1) is 0 Å². The topological polar surface area (TPSA) is 162 Å². The van der Waals surface area contributed by atoms with Crippen molar-refractivity contribution in [2.45, 2.75) is 102 Å². The smallest absolute Gasteiger partial charge is 0.186 e. The molecule has 0 aromatic carbocycles. The van der Waals surface area contributed by atoms with Gasteiger partial charge in [0.05, 0.1) is 38.7 Å². The summed E-state index contributed by atoms with van der Waals surface area (Å²) in [6, 6.07) is 0. The molecule has 0 aliphatic carbocycles. The van der Waals surface area contributed by atoms with Crippen LogP contribution in [0.25, 0.3) is 0 Å². The first-order valence-corrected chi connectivity index (χ1v) is 10.8. The van der Waals surface area contributed by atoms with Gasteiger partial charge in [-0.2, -0.15) is 0 Å². The van der Waals surface area contributed by atoms with Crippen molar-refractivity contribution in [2.24, 2.45) is 0 Å². The van der Waals surface area contributed by atoms with Crippen LogP contribution in [0.15, 0.2) is 6.20 Å². The Balaban J connectivity index is 1.45. The number of hydrogen-bond donors (Lipinski definition) is 4. The van der Waals surface area contributed by atoms with Crippen molar-refractivity contribution in [2.75, 3.05) is 13.2 Å². The maximum Gasteiger partial charge on any atom is 0.186 e. The average Bonchev–Trinajstić information content (AvgIpc) is 3.18. The Kier molecular flexibility index (Phi) is 7.90. The first kappa shape index (κ1) is 25.4. The normalized spacial score (nSPS) is 33.5. The third-order valence-corrected chi connectivity index (χ3v) is 6.06. The molecule has 2 aliphatic rings. The summed E-state index contributed by atoms with van der Waals surface area (Å²) in [5.41, 5.74) is -0.379. The second kappa shape index (κ2) is 9.95. The van der Waals surface area contributed by atoms with E-state index in [1.807, 2.05) is 27.7 Å². The second-order valence-corrected chi connectivity index (χ2v) is 9.80. The lowest BCUT2D eigenvalue weighted by Crippen LogP contribution is -2.59. The lowest BCUT2D eigenvalue weighted by atomic mass is 9.80. The van der Waals surface area contributed by atoms with E-state index in [0.29, 0.717) is 25.1 Å². The van der Waals surface area contributed by atoms with Crippen LogP contribution in [0.1, 0.15) is 46.2 Å². The molecule has 0 amide bonds. The van der Waals surface area contributed by atoms with E-state index in [-0.39, 0.29) is 19.3 Å². The zero-order valence-electron chi connectivity index (χ0n) is 19.0. The third kappa shape index (κ3) is 5.64. The molecule has 1 aromatic rings. The SMILES string of the molecule is CC1(C)CC(OCc2cn(CCO[C@@H]3O[C@@H](CO)[C@H](O)[C@@H](O)[C@@H]3O)nn2)CC(C)(C)N1[O]. The summed E-state index contributed by atoms with van der Waals surface area (Å²) in [4.78, 5) is 0. The van der Waals surface area contributed by atoms with Gasteiger partial charge < -0.3 is 34.6 Å². The van der Waals surface area contributed by atoms with E-state index in [0.717, 1.165) is 5.06 Å². The fraction of sp³-hybridized carbons (Fsp3) is 0.900. The van der Waals surface area contributed by atoms with Gasteiger partial charge in [-0.3, -0.25) is 0 Å². The van der Waals surface area contributed by atoms with Crippen molar-refractivity contribution < 1.29 is 39.8 Å². The minimum absolute atomic E-state index is 0.0649. The highest BCUT2D eigenvalue weighted by atomic mass is 16.7. The summed E-state index contributed by atoms with van der Waals surface area (Å²) in [6.45, 7) is 7.83. The molecular weight excluding hydrogens is 424 g/mol. The zero-order valence-corrected chi connectivity index (χ0v) is 19.0. The van der Waals surface area contributed by atoms with Crippen molar-refractivity contribution >= 4 is 0 Å². The lowest BCUT2D eigenvalue weighted by molar-refractivity contribution is -0.301. The standard InChI is InChI=1S/C20H35N4O8/c1-19(2)7-13(8-20(3,4)24(19)29)31-11-12-9-23(22-21-12)5-6-30-18-17(28)16(27)15(26)14(10-25)32-18/h9,13-18,25-28H,5-8,10-11H2,1-4H3/t14-,15-,16+,17-,18+/m0/s1. The van der Waals surface area contributed by atoms with Gasteiger partial charge in [0.25, 0.3) is 0 Å². The molecule has 12 heteroatoms. The van der Waals surface area contributed by atoms with Gasteiger partial charge in [-0.15, -0.1) is 15.4 Å². The van der Waals surface area contributed by atoms with Crippen LogP contribution >= 0.6 is 0 Å². The number of hydrogen-bond acceptors (Lipinski definition) is 10. The van der Waals surface area contributed by atoms with Crippen LogP contribution < -0.4 is 0 Å². The molecule has 12 nitrogen and oxygen atoms in total. The maximum atomic E-state index is 12.5. The van der Waals surface area contributed by atoms with E-state index >= 15 is 0 Å². The Hall–Kier alpha value is -1.22. The van der Waals surface area contributed by atoms with Gasteiger partial charge in [0, 0.05) is 11.1 Å². The third-order valence-electron chi connectivity index (χ3n) is 6.06. The lowest BCUT2D eigenvalue weighted by Gasteiger charge is -2.49. The van der Waals surface area contributed by atoms with Crippen molar-refractivity contribution in [3.63, 3.8) is 0 Å². The van der Waals surface area contributed by atoms with Gasteiger partial charge >= 0.3 is 0 Å². The van der Waals surface area contributed by atoms with Crippen LogP contribution in [0.4, 0.5) is 0 Å². The molecule has 5 atom stereocenters. The molecule has 1 aromatic heterocycles. The van der Waals surface area contributed by atoms with Crippen molar-refractivity contribution in [1.29, 1.82) is 0 Å². The number of hydroxylamine groups is 2. The van der Waals surface area contributed by atoms with Gasteiger partial charge in [-0.05, 0) is 40.5 Å². The minimum atomic E-state index is -1.48. The molecule has 32 heavy (non-hydrogen) atoms. The highest BCUT2D eigenvalue weighted by Crippen LogP contribution is 2.38. The highest BCUT2D eigenvalue weighted by Gasteiger charge is 2.46. The molecule has 2 saturated heterocycles. The average molecular weight is 460 g/mol. The van der Waals surface area contributed by atoms with Gasteiger partial charge in [-0.1, -0.05) is 5.21 Å². The van der Waals surface area contributed by atoms with Crippen molar-refractivity contribution in [3.05, 3.63) is 11.9 Å². The monoisotopic (exact) mass is 459 g/mol. The molecule has 0 bridgehead atoms. The number of piperidine rings is 1. The van der Waals surface area contributed by atoms with E-state index in [1.165, 1.54) is 0 Å². The van der Waals surface area contributed by atoms with Gasteiger partial charge in [-0.25, -0.2) is 4.68 Å². The van der Waals surface area contributed by atoms with Crippen molar-refractivity contribution in [1.82, 2.24) is 20.1 Å². The first-order chi connectivity index (χ1) is 14.9. The number of aliphatic hydroxyl groups is 4. The number of ether oxygens (including phenoxy) is 3. The van der Waals surface area contributed by atoms with E-state index < -0.39 is 48.4 Å². The molecule has 2 aliphatic heterocycles. The molecule has 0 unspecified atom stereocenters. The number of aliphatic hydroxyl groups excluding tert-OH is 4. The van der Waals surface area contributed by atoms with Crippen LogP contribution in [0.2, 0.25) is 0 Å². The molecule has 4 N–H and O–H groups in total. The summed E-state index contributed by atoms with van der Waals surface area (Å²) in [5, 5.41) is 60.5. The van der Waals surface area contributed by atoms with Crippen LogP contribution in [0.5, 0.6) is 0 Å². The molecule has 3 heterocycles. The van der Waals surface area contributed by atoms with E-state index in [1.54, 1.807) is 10.9 Å². The second-order valence-electron chi connectivity index (χ2n) is 9.80. The summed E-state index contributed by atoms with van der Waals surface area (Å²) < 4.78 is 18.3. The van der Waals surface area contributed by atoms with Gasteiger partial charge in [0.1, 0.15) is 30.1 Å². The van der Waals surface area contributed by atoms with E-state index in [4.69, 9.17) is 14.2 Å². The first-order valence-electron chi connectivity index (χ1n) is 10.8. The molecular formula is C20H35N4O8. The molecule has 0 saturated carbocycles. The molecule has 1 radical (unpaired) electrons. The number of nitrogens with zero attached hydrogens (tertiary/aromatic N) is 4. The van der Waals surface area contributed by atoms with Crippen molar-refractivity contribution in [3.8, 4) is 0 Å². The Morgan fingerprint density at radius 2 is 1.75 bits per heavy atom. The van der Waals surface area contributed by atoms with Gasteiger partial charge in [0.2, 0.25) is 0 Å². The summed E-state index contributed by atoms with van der Waals surface area (Å²) in [5.74, 6) is 0. The molecule has 3 rings (SSSR count). The molecule has 0 spiro atoms. The van der Waals surface area contributed by atoms with Crippen LogP contribution in [0.3, 0.4) is 0 Å².